The molecule has 0 aliphatic carbocycles. The van der Waals surface area contributed by atoms with Gasteiger partial charge in [0.1, 0.15) is 85.5 Å². The average Bonchev–Trinajstić information content (AvgIpc) is 3.00. The summed E-state index contributed by atoms with van der Waals surface area (Å²) in [6.45, 7) is -0.184. The van der Waals surface area contributed by atoms with E-state index in [1.54, 1.807) is 0 Å². The first-order chi connectivity index (χ1) is 21.1. The Morgan fingerprint density at radius 3 is 1.64 bits per heavy atom. The number of rotatable bonds is 9. The molecule has 0 aromatic carbocycles. The summed E-state index contributed by atoms with van der Waals surface area (Å²) in [5.41, 5.74) is 0. The van der Waals surface area contributed by atoms with E-state index < -0.39 is 142 Å². The first-order valence-corrected chi connectivity index (χ1v) is 14.0. The number of aliphatic hydroxyl groups is 12. The number of hydrogen-bond donors (Lipinski definition) is 13. The lowest BCUT2D eigenvalue weighted by Gasteiger charge is -2.47. The van der Waals surface area contributed by atoms with Crippen molar-refractivity contribution in [1.29, 1.82) is 0 Å². The van der Waals surface area contributed by atoms with Gasteiger partial charge in [0.2, 0.25) is 0 Å². The van der Waals surface area contributed by atoms with Crippen molar-refractivity contribution in [2.75, 3.05) is 13.2 Å². The molecule has 0 aromatic rings. The van der Waals surface area contributed by atoms with Crippen LogP contribution in [0.5, 0.6) is 0 Å². The molecule has 0 spiro atoms. The molecular weight excluding hydrogens is 624 g/mol. The Hall–Kier alpha value is -1.29. The highest BCUT2D eigenvalue weighted by molar-refractivity contribution is 5.73. The molecule has 0 radical (unpaired) electrons. The van der Waals surface area contributed by atoms with Crippen molar-refractivity contribution in [3.05, 3.63) is 0 Å². The quantitative estimate of drug-likeness (QED) is 0.109. The molecule has 0 saturated carbocycles. The zero-order valence-corrected chi connectivity index (χ0v) is 23.5. The van der Waals surface area contributed by atoms with Crippen molar-refractivity contribution in [1.82, 2.24) is 0 Å². The van der Waals surface area contributed by atoms with Crippen molar-refractivity contribution in [2.45, 2.75) is 130 Å². The van der Waals surface area contributed by atoms with Crippen LogP contribution >= 0.6 is 0 Å². The Bertz CT molecular complexity index is 973. The van der Waals surface area contributed by atoms with E-state index >= 15 is 0 Å². The molecule has 4 rings (SSSR count). The highest BCUT2D eigenvalue weighted by atomic mass is 16.8. The second-order valence-corrected chi connectivity index (χ2v) is 11.2. The van der Waals surface area contributed by atoms with Crippen LogP contribution in [0.3, 0.4) is 0 Å². The largest absolute Gasteiger partial charge is 0.479 e. The highest BCUT2D eigenvalue weighted by Crippen LogP contribution is 2.33. The van der Waals surface area contributed by atoms with Gasteiger partial charge in [-0.2, -0.15) is 0 Å². The van der Waals surface area contributed by atoms with Gasteiger partial charge < -0.3 is 99.5 Å². The first kappa shape index (κ1) is 36.5. The van der Waals surface area contributed by atoms with Gasteiger partial charge in [-0.25, -0.2) is 4.79 Å². The lowest BCUT2D eigenvalue weighted by atomic mass is 9.96. The van der Waals surface area contributed by atoms with E-state index in [4.69, 9.17) is 33.2 Å². The van der Waals surface area contributed by atoms with E-state index in [1.807, 2.05) is 0 Å². The predicted molar refractivity (Wildman–Crippen MR) is 133 cm³/mol. The number of carboxylic acid groups (broad SMARTS) is 1. The van der Waals surface area contributed by atoms with Crippen LogP contribution in [0.15, 0.2) is 0 Å². The Morgan fingerprint density at radius 2 is 1.07 bits per heavy atom. The molecule has 45 heavy (non-hydrogen) atoms. The molecule has 4 fully saturated rings. The number of ether oxygens (including phenoxy) is 7. The van der Waals surface area contributed by atoms with E-state index in [1.165, 1.54) is 6.92 Å². The maximum absolute atomic E-state index is 11.9. The number of carbonyl (C=O) groups is 1. The minimum atomic E-state index is -2.18. The second-order valence-electron chi connectivity index (χ2n) is 11.2. The zero-order chi connectivity index (χ0) is 33.5. The first-order valence-electron chi connectivity index (χ1n) is 14.0. The monoisotopic (exact) mass is 664 g/mol. The van der Waals surface area contributed by atoms with Gasteiger partial charge in [-0.05, 0) is 6.92 Å². The van der Waals surface area contributed by atoms with Gasteiger partial charge in [0.05, 0.1) is 19.3 Å². The summed E-state index contributed by atoms with van der Waals surface area (Å²) in [5.74, 6) is -1.77. The second kappa shape index (κ2) is 14.9. The summed E-state index contributed by atoms with van der Waals surface area (Å²) < 4.78 is 37.2. The third-order valence-electron chi connectivity index (χ3n) is 8.11. The third kappa shape index (κ3) is 7.41. The van der Waals surface area contributed by atoms with E-state index in [0.717, 1.165) is 0 Å². The number of carboxylic acids is 1. The van der Waals surface area contributed by atoms with Crippen molar-refractivity contribution in [3.8, 4) is 0 Å². The highest BCUT2D eigenvalue weighted by Gasteiger charge is 2.55. The third-order valence-corrected chi connectivity index (χ3v) is 8.11. The van der Waals surface area contributed by atoms with Crippen molar-refractivity contribution < 1.29 is 104 Å². The molecule has 4 heterocycles. The molecule has 21 nitrogen and oxygen atoms in total. The van der Waals surface area contributed by atoms with Crippen molar-refractivity contribution in [2.24, 2.45) is 0 Å². The number of hydrogen-bond acceptors (Lipinski definition) is 20. The lowest BCUT2D eigenvalue weighted by Crippen LogP contribution is -2.67. The van der Waals surface area contributed by atoms with E-state index in [2.05, 4.69) is 0 Å². The summed E-state index contributed by atoms with van der Waals surface area (Å²) in [6, 6.07) is 0. The smallest absolute Gasteiger partial charge is 0.335 e. The van der Waals surface area contributed by atoms with E-state index in [0.29, 0.717) is 0 Å². The summed E-state index contributed by atoms with van der Waals surface area (Å²) >= 11 is 0. The molecule has 4 saturated heterocycles. The van der Waals surface area contributed by atoms with Crippen LogP contribution in [-0.4, -0.2) is 208 Å². The lowest BCUT2D eigenvalue weighted by molar-refractivity contribution is -0.379. The molecule has 0 aromatic heterocycles. The minimum Gasteiger partial charge on any atom is -0.479 e. The fourth-order valence-corrected chi connectivity index (χ4v) is 5.34. The van der Waals surface area contributed by atoms with Gasteiger partial charge in [-0.15, -0.1) is 0 Å². The molecule has 20 atom stereocenters. The van der Waals surface area contributed by atoms with Crippen molar-refractivity contribution >= 4 is 5.97 Å². The van der Waals surface area contributed by atoms with Crippen LogP contribution in [-0.2, 0) is 38.0 Å². The number of aliphatic carboxylic acids is 1. The average molecular weight is 665 g/mol. The fraction of sp³-hybridized carbons (Fsp3) is 0.958. The molecular formula is C24H40O21. The summed E-state index contributed by atoms with van der Waals surface area (Å²) in [6.07, 6.45) is -36.5. The molecule has 0 unspecified atom stereocenters. The Balaban J connectivity index is 1.47. The van der Waals surface area contributed by atoms with Gasteiger partial charge in [-0.3, -0.25) is 0 Å². The van der Waals surface area contributed by atoms with Crippen LogP contribution in [0, 0.1) is 0 Å². The van der Waals surface area contributed by atoms with Crippen LogP contribution in [0.2, 0.25) is 0 Å². The number of aliphatic hydroxyl groups excluding tert-OH is 12. The van der Waals surface area contributed by atoms with Gasteiger partial charge in [0, 0.05) is 0 Å². The van der Waals surface area contributed by atoms with Crippen LogP contribution in [0.4, 0.5) is 0 Å². The minimum absolute atomic E-state index is 0.743. The Labute approximate surface area is 253 Å². The SMILES string of the molecule is C[C@@H]1O[C@@H](O[C@@H]2[C@@H](O)[C@H](O[C@@H]3O[C@H](CO[C@@H]4O[C@H](CO)[C@@H](O)[C@H](O)[C@H]4O)[C@H](O)[C@H](O)[C@H]3O)[C@@H](C(=O)O)O[C@H]2O)[C@H](O)[C@H](O)[C@H]1O. The molecule has 4 aliphatic heterocycles. The normalized spacial score (nSPS) is 52.8. The summed E-state index contributed by atoms with van der Waals surface area (Å²) in [5, 5.41) is 132. The zero-order valence-electron chi connectivity index (χ0n) is 23.5. The molecule has 262 valence electrons. The molecule has 4 aliphatic rings. The predicted octanol–water partition coefficient (Wildman–Crippen LogP) is -8.63. The van der Waals surface area contributed by atoms with E-state index in [9.17, 15) is 71.2 Å². The maximum Gasteiger partial charge on any atom is 0.335 e. The van der Waals surface area contributed by atoms with Gasteiger partial charge >= 0.3 is 5.97 Å². The maximum atomic E-state index is 11.9. The van der Waals surface area contributed by atoms with Gasteiger partial charge in [0.15, 0.2) is 31.3 Å². The summed E-state index contributed by atoms with van der Waals surface area (Å²) in [7, 11) is 0. The van der Waals surface area contributed by atoms with E-state index in [-0.39, 0.29) is 0 Å². The van der Waals surface area contributed by atoms with Gasteiger partial charge in [-0.1, -0.05) is 0 Å². The Kier molecular flexibility index (Phi) is 12.1. The standard InChI is InChI=1S/C24H40O21/c1-4-7(26)10(29)14(33)23(40-4)45-18-16(35)17(19(20(36)37)43-21(18)38)44-24-15(34)12(31)9(28)6(42-24)3-39-22-13(32)11(30)8(27)5(2-25)41-22/h4-19,21-35,38H,2-3H2,1H3,(H,36,37)/t4-,5+,6+,7-,8+,9-,10+,11-,12-,13+,14+,15+,16-,17-,18+,19-,21+,22+,23-,24-/m0/s1. The van der Waals surface area contributed by atoms with Crippen LogP contribution in [0.25, 0.3) is 0 Å². The molecule has 13 N–H and O–H groups in total. The Morgan fingerprint density at radius 1 is 0.578 bits per heavy atom. The van der Waals surface area contributed by atoms with Crippen LogP contribution in [0.1, 0.15) is 6.92 Å². The summed E-state index contributed by atoms with van der Waals surface area (Å²) in [4.78, 5) is 11.9. The fourth-order valence-electron chi connectivity index (χ4n) is 5.34. The van der Waals surface area contributed by atoms with Crippen molar-refractivity contribution in [3.63, 3.8) is 0 Å². The molecule has 21 heteroatoms. The molecule has 0 amide bonds. The van der Waals surface area contributed by atoms with Crippen LogP contribution < -0.4 is 0 Å². The van der Waals surface area contributed by atoms with Gasteiger partial charge in [0.25, 0.3) is 0 Å². The topological polar surface area (TPSA) is 345 Å². The molecule has 0 bridgehead atoms.